The molecule has 2 rings (SSSR count). The number of rotatable bonds is 4. The molecule has 1 aliphatic heterocycles. The molecule has 0 saturated carbocycles. The van der Waals surface area contributed by atoms with E-state index in [0.29, 0.717) is 0 Å². The molecular weight excluding hydrogens is 194 g/mol. The number of aryl methyl sites for hydroxylation is 1. The van der Waals surface area contributed by atoms with E-state index in [-0.39, 0.29) is 0 Å². The second kappa shape index (κ2) is 5.96. The largest absolute Gasteiger partial charge is 0.365 e. The van der Waals surface area contributed by atoms with E-state index in [2.05, 4.69) is 47.8 Å². The van der Waals surface area contributed by atoms with Gasteiger partial charge >= 0.3 is 0 Å². The quantitative estimate of drug-likeness (QED) is 0.803. The summed E-state index contributed by atoms with van der Waals surface area (Å²) in [6.45, 7) is 0. The average molecular weight is 211 g/mol. The molecule has 1 aliphatic rings. The van der Waals surface area contributed by atoms with Gasteiger partial charge in [-0.05, 0) is 37.0 Å². The van der Waals surface area contributed by atoms with Gasteiger partial charge in [-0.2, -0.15) is 0 Å². The highest BCUT2D eigenvalue weighted by molar-refractivity contribution is 5.21. The van der Waals surface area contributed by atoms with Crippen LogP contribution in [-0.4, -0.2) is 0 Å². The molecule has 0 saturated heterocycles. The Kier molecular flexibility index (Phi) is 4.00. The third kappa shape index (κ3) is 3.43. The van der Waals surface area contributed by atoms with Crippen LogP contribution in [0.1, 0.15) is 18.4 Å². The van der Waals surface area contributed by atoms with E-state index in [1.165, 1.54) is 17.7 Å². The average Bonchev–Trinajstić information content (AvgIpc) is 2.59. The Hall–Kier alpha value is -1.76. The molecule has 1 heterocycles. The Labute approximate surface area is 97.2 Å². The number of hydrogen-bond acceptors (Lipinski definition) is 1. The Morgan fingerprint density at radius 3 is 2.62 bits per heavy atom. The van der Waals surface area contributed by atoms with E-state index in [1.807, 2.05) is 18.4 Å². The van der Waals surface area contributed by atoms with Gasteiger partial charge in [0.05, 0.1) is 0 Å². The minimum atomic E-state index is 1.10. The molecule has 0 spiro atoms. The van der Waals surface area contributed by atoms with E-state index < -0.39 is 0 Å². The third-order valence-corrected chi connectivity index (χ3v) is 2.64. The SMILES string of the molecule is C1=CC=C(CCCc2ccccc2)NC=C1. The van der Waals surface area contributed by atoms with Gasteiger partial charge in [-0.25, -0.2) is 0 Å². The van der Waals surface area contributed by atoms with E-state index in [9.17, 15) is 0 Å². The highest BCUT2D eigenvalue weighted by Gasteiger charge is 1.96. The molecule has 0 amide bonds. The zero-order valence-electron chi connectivity index (χ0n) is 9.39. The number of nitrogens with one attached hydrogen (secondary N) is 1. The Morgan fingerprint density at radius 1 is 0.875 bits per heavy atom. The summed E-state index contributed by atoms with van der Waals surface area (Å²) in [4.78, 5) is 0. The van der Waals surface area contributed by atoms with E-state index in [1.54, 1.807) is 0 Å². The van der Waals surface area contributed by atoms with Gasteiger partial charge in [-0.15, -0.1) is 0 Å². The van der Waals surface area contributed by atoms with Crippen molar-refractivity contribution in [1.82, 2.24) is 5.32 Å². The molecule has 1 N–H and O–H groups in total. The van der Waals surface area contributed by atoms with Crippen LogP contribution in [0, 0.1) is 0 Å². The van der Waals surface area contributed by atoms with Crippen molar-refractivity contribution in [1.29, 1.82) is 0 Å². The van der Waals surface area contributed by atoms with Gasteiger partial charge in [-0.1, -0.05) is 42.5 Å². The lowest BCUT2D eigenvalue weighted by atomic mass is 10.1. The van der Waals surface area contributed by atoms with Crippen LogP contribution in [0.5, 0.6) is 0 Å². The van der Waals surface area contributed by atoms with Crippen LogP contribution >= 0.6 is 0 Å². The standard InChI is InChI=1S/C15H17N/c1-3-8-14(9-4-1)10-7-12-15-11-5-2-6-13-16-15/h1-6,8-9,11,13,16H,7,10,12H2. The van der Waals surface area contributed by atoms with Crippen molar-refractivity contribution >= 4 is 0 Å². The third-order valence-electron chi connectivity index (χ3n) is 2.64. The summed E-state index contributed by atoms with van der Waals surface area (Å²) in [6, 6.07) is 10.6. The molecule has 82 valence electrons. The second-order valence-corrected chi connectivity index (χ2v) is 3.92. The van der Waals surface area contributed by atoms with Crippen LogP contribution < -0.4 is 5.32 Å². The molecule has 0 bridgehead atoms. The Balaban J connectivity index is 1.78. The van der Waals surface area contributed by atoms with Crippen molar-refractivity contribution in [3.05, 3.63) is 72.1 Å². The summed E-state index contributed by atoms with van der Waals surface area (Å²) in [5.74, 6) is 0. The molecule has 1 heteroatoms. The van der Waals surface area contributed by atoms with Crippen LogP contribution in [-0.2, 0) is 6.42 Å². The molecule has 1 nitrogen and oxygen atoms in total. The van der Waals surface area contributed by atoms with Crippen LogP contribution in [0.4, 0.5) is 0 Å². The smallest absolute Gasteiger partial charge is 0.0146 e. The van der Waals surface area contributed by atoms with Crippen LogP contribution in [0.3, 0.4) is 0 Å². The lowest BCUT2D eigenvalue weighted by Crippen LogP contribution is -2.04. The molecule has 1 aromatic carbocycles. The van der Waals surface area contributed by atoms with E-state index in [4.69, 9.17) is 0 Å². The molecule has 0 fully saturated rings. The lowest BCUT2D eigenvalue weighted by Gasteiger charge is -2.06. The molecule has 1 aromatic rings. The van der Waals surface area contributed by atoms with E-state index >= 15 is 0 Å². The molecular formula is C15H17N. The van der Waals surface area contributed by atoms with Gasteiger partial charge in [-0.3, -0.25) is 0 Å². The van der Waals surface area contributed by atoms with Gasteiger partial charge in [0.15, 0.2) is 0 Å². The molecule has 16 heavy (non-hydrogen) atoms. The summed E-state index contributed by atoms with van der Waals surface area (Å²) in [5.41, 5.74) is 2.71. The van der Waals surface area contributed by atoms with Crippen molar-refractivity contribution in [2.75, 3.05) is 0 Å². The number of benzene rings is 1. The summed E-state index contributed by atoms with van der Waals surface area (Å²) >= 11 is 0. The van der Waals surface area contributed by atoms with Gasteiger partial charge in [0.1, 0.15) is 0 Å². The maximum Gasteiger partial charge on any atom is 0.0146 e. The van der Waals surface area contributed by atoms with Crippen LogP contribution in [0.15, 0.2) is 66.5 Å². The summed E-state index contributed by atoms with van der Waals surface area (Å²) in [7, 11) is 0. The lowest BCUT2D eigenvalue weighted by molar-refractivity contribution is 0.775. The summed E-state index contributed by atoms with van der Waals surface area (Å²) < 4.78 is 0. The van der Waals surface area contributed by atoms with Crippen molar-refractivity contribution in [3.8, 4) is 0 Å². The van der Waals surface area contributed by atoms with Gasteiger partial charge in [0.2, 0.25) is 0 Å². The predicted octanol–water partition coefficient (Wildman–Crippen LogP) is 3.57. The molecule has 0 unspecified atom stereocenters. The molecule has 0 radical (unpaired) electrons. The van der Waals surface area contributed by atoms with Gasteiger partial charge in [0.25, 0.3) is 0 Å². The molecule has 0 atom stereocenters. The van der Waals surface area contributed by atoms with Gasteiger partial charge < -0.3 is 5.32 Å². The van der Waals surface area contributed by atoms with Crippen molar-refractivity contribution in [2.24, 2.45) is 0 Å². The zero-order valence-corrected chi connectivity index (χ0v) is 9.39. The fraction of sp³-hybridized carbons (Fsp3) is 0.200. The number of hydrogen-bond donors (Lipinski definition) is 1. The van der Waals surface area contributed by atoms with Crippen molar-refractivity contribution in [2.45, 2.75) is 19.3 Å². The minimum Gasteiger partial charge on any atom is -0.365 e. The predicted molar refractivity (Wildman–Crippen MR) is 68.9 cm³/mol. The van der Waals surface area contributed by atoms with Crippen molar-refractivity contribution < 1.29 is 0 Å². The first-order valence-corrected chi connectivity index (χ1v) is 5.78. The minimum absolute atomic E-state index is 1.10. The summed E-state index contributed by atoms with van der Waals surface area (Å²) in [6.07, 6.45) is 13.7. The fourth-order valence-corrected chi connectivity index (χ4v) is 1.78. The molecule has 0 aromatic heterocycles. The topological polar surface area (TPSA) is 12.0 Å². The van der Waals surface area contributed by atoms with E-state index in [0.717, 1.165) is 12.8 Å². The number of allylic oxidation sites excluding steroid dienone is 5. The summed E-state index contributed by atoms with van der Waals surface area (Å²) in [5, 5.41) is 3.29. The van der Waals surface area contributed by atoms with Gasteiger partial charge in [0, 0.05) is 11.9 Å². The maximum absolute atomic E-state index is 3.29. The van der Waals surface area contributed by atoms with Crippen LogP contribution in [0.2, 0.25) is 0 Å². The Bertz CT molecular complexity index is 399. The van der Waals surface area contributed by atoms with Crippen molar-refractivity contribution in [3.63, 3.8) is 0 Å². The highest BCUT2D eigenvalue weighted by atomic mass is 14.8. The Morgan fingerprint density at radius 2 is 1.75 bits per heavy atom. The normalized spacial score (nSPS) is 14.1. The zero-order chi connectivity index (χ0) is 11.1. The fourth-order valence-electron chi connectivity index (χ4n) is 1.78. The second-order valence-electron chi connectivity index (χ2n) is 3.92. The monoisotopic (exact) mass is 211 g/mol. The maximum atomic E-state index is 3.29. The first kappa shape index (κ1) is 10.7. The highest BCUT2D eigenvalue weighted by Crippen LogP contribution is 2.09. The molecule has 0 aliphatic carbocycles. The first-order valence-electron chi connectivity index (χ1n) is 5.78. The first-order chi connectivity index (χ1) is 7.95. The van der Waals surface area contributed by atoms with Crippen LogP contribution in [0.25, 0.3) is 0 Å².